The summed E-state index contributed by atoms with van der Waals surface area (Å²) in [5.41, 5.74) is 3.69. The molecule has 0 fully saturated rings. The number of carbonyl (C=O) groups excluding carboxylic acids is 1. The molecule has 2 aromatic rings. The third kappa shape index (κ3) is 2.10. The van der Waals surface area contributed by atoms with E-state index in [-0.39, 0.29) is 0 Å². The van der Waals surface area contributed by atoms with E-state index in [1.54, 1.807) is 12.3 Å². The minimum Gasteiger partial charge on any atom is -0.285 e. The lowest BCUT2D eigenvalue weighted by Gasteiger charge is -2.01. The van der Waals surface area contributed by atoms with Crippen molar-refractivity contribution in [3.63, 3.8) is 0 Å². The van der Waals surface area contributed by atoms with E-state index >= 15 is 0 Å². The van der Waals surface area contributed by atoms with E-state index in [0.717, 1.165) is 11.1 Å². The normalized spacial score (nSPS) is 9.93. The van der Waals surface area contributed by atoms with Crippen molar-refractivity contribution >= 4 is 6.29 Å². The highest BCUT2D eigenvalue weighted by atomic mass is 16.1. The number of nitrogens with zero attached hydrogens (tertiary/aromatic N) is 1. The van der Waals surface area contributed by atoms with Gasteiger partial charge in [0.2, 0.25) is 6.29 Å². The first-order valence-electron chi connectivity index (χ1n) is 4.70. The van der Waals surface area contributed by atoms with Gasteiger partial charge in [-0.2, -0.15) is 0 Å². The minimum absolute atomic E-state index is 0.480. The van der Waals surface area contributed by atoms with Crippen LogP contribution in [-0.2, 0) is 4.79 Å². The first-order chi connectivity index (χ1) is 7.29. The number of rotatable bonds is 2. The van der Waals surface area contributed by atoms with Gasteiger partial charge < -0.3 is 0 Å². The first-order valence-corrected chi connectivity index (χ1v) is 4.70. The summed E-state index contributed by atoms with van der Waals surface area (Å²) in [5, 5.41) is 0. The fourth-order valence-electron chi connectivity index (χ4n) is 1.40. The summed E-state index contributed by atoms with van der Waals surface area (Å²) in [6, 6.07) is 9.88. The van der Waals surface area contributed by atoms with Crippen LogP contribution in [0.1, 0.15) is 11.1 Å². The number of aryl methyl sites for hydroxylation is 1. The fraction of sp³-hybridized carbons (Fsp3) is 0.0769. The highest BCUT2D eigenvalue weighted by Crippen LogP contribution is 2.19. The van der Waals surface area contributed by atoms with Crippen LogP contribution in [0.4, 0.5) is 0 Å². The maximum Gasteiger partial charge on any atom is 0.235 e. The third-order valence-corrected chi connectivity index (χ3v) is 2.24. The highest BCUT2D eigenvalue weighted by Gasteiger charge is 1.99. The van der Waals surface area contributed by atoms with Crippen LogP contribution in [0.5, 0.6) is 0 Å². The molecule has 0 aliphatic rings. The summed E-state index contributed by atoms with van der Waals surface area (Å²) < 4.78 is 0. The number of aromatic nitrogens is 1. The molecule has 0 saturated heterocycles. The predicted molar refractivity (Wildman–Crippen MR) is 59.2 cm³/mol. The lowest BCUT2D eigenvalue weighted by molar-refractivity contribution is 0.562. The molecule has 2 rings (SSSR count). The molecule has 1 aromatic heterocycles. The van der Waals surface area contributed by atoms with E-state index in [9.17, 15) is 4.79 Å². The van der Waals surface area contributed by atoms with Gasteiger partial charge in [-0.25, -0.2) is 0 Å². The number of hydrogen-bond acceptors (Lipinski definition) is 2. The smallest absolute Gasteiger partial charge is 0.235 e. The van der Waals surface area contributed by atoms with Crippen molar-refractivity contribution in [3.05, 3.63) is 53.9 Å². The van der Waals surface area contributed by atoms with Gasteiger partial charge in [-0.05, 0) is 18.6 Å². The van der Waals surface area contributed by atoms with Gasteiger partial charge in [0.1, 0.15) is 0 Å². The molecule has 1 aromatic carbocycles. The number of hydrogen-bond donors (Lipinski definition) is 0. The molecule has 0 amide bonds. The van der Waals surface area contributed by atoms with Crippen molar-refractivity contribution in [2.75, 3.05) is 0 Å². The molecule has 0 saturated carbocycles. The van der Waals surface area contributed by atoms with E-state index in [2.05, 4.69) is 4.98 Å². The second-order valence-corrected chi connectivity index (χ2v) is 3.43. The topological polar surface area (TPSA) is 30.0 Å². The van der Waals surface area contributed by atoms with E-state index in [1.165, 1.54) is 11.8 Å². The van der Waals surface area contributed by atoms with Crippen molar-refractivity contribution in [1.82, 2.24) is 4.98 Å². The largest absolute Gasteiger partial charge is 0.285 e. The molecule has 0 atom stereocenters. The summed E-state index contributed by atoms with van der Waals surface area (Å²) in [7, 11) is 0. The molecule has 0 aliphatic heterocycles. The maximum absolute atomic E-state index is 10.5. The maximum atomic E-state index is 10.5. The molecule has 0 bridgehead atoms. The van der Waals surface area contributed by atoms with Crippen molar-refractivity contribution in [2.24, 2.45) is 0 Å². The monoisotopic (exact) mass is 196 g/mol. The Morgan fingerprint density at radius 2 is 1.80 bits per heavy atom. The van der Waals surface area contributed by atoms with Gasteiger partial charge >= 0.3 is 0 Å². The summed E-state index contributed by atoms with van der Waals surface area (Å²) in [6.07, 6.45) is 5.08. The fourth-order valence-corrected chi connectivity index (χ4v) is 1.40. The third-order valence-electron chi connectivity index (χ3n) is 2.24. The zero-order valence-electron chi connectivity index (χ0n) is 8.40. The number of pyridine rings is 1. The Hall–Kier alpha value is -1.96. The van der Waals surface area contributed by atoms with Crippen molar-refractivity contribution in [1.29, 1.82) is 0 Å². The van der Waals surface area contributed by atoms with E-state index in [0.29, 0.717) is 5.56 Å². The molecular formula is C13H10NO. The van der Waals surface area contributed by atoms with Crippen molar-refractivity contribution in [2.45, 2.75) is 6.92 Å². The average Bonchev–Trinajstić information content (AvgIpc) is 2.30. The molecule has 2 heteroatoms. The van der Waals surface area contributed by atoms with Crippen LogP contribution in [-0.4, -0.2) is 11.3 Å². The van der Waals surface area contributed by atoms with Gasteiger partial charge in [-0.15, -0.1) is 0 Å². The van der Waals surface area contributed by atoms with Gasteiger partial charge in [-0.3, -0.25) is 9.78 Å². The molecule has 15 heavy (non-hydrogen) atoms. The van der Waals surface area contributed by atoms with Gasteiger partial charge in [-0.1, -0.05) is 29.8 Å². The Morgan fingerprint density at radius 3 is 2.47 bits per heavy atom. The van der Waals surface area contributed by atoms with Crippen molar-refractivity contribution in [3.8, 4) is 11.1 Å². The molecule has 0 aliphatic carbocycles. The Labute approximate surface area is 88.6 Å². The van der Waals surface area contributed by atoms with Gasteiger partial charge in [0.15, 0.2) is 0 Å². The molecule has 73 valence electrons. The molecule has 1 heterocycles. The summed E-state index contributed by atoms with van der Waals surface area (Å²) in [4.78, 5) is 14.5. The van der Waals surface area contributed by atoms with E-state index < -0.39 is 0 Å². The Kier molecular flexibility index (Phi) is 2.59. The molecule has 2 nitrogen and oxygen atoms in total. The highest BCUT2D eigenvalue weighted by molar-refractivity contribution is 5.78. The average molecular weight is 196 g/mol. The molecule has 0 spiro atoms. The van der Waals surface area contributed by atoms with E-state index in [1.807, 2.05) is 37.5 Å². The van der Waals surface area contributed by atoms with Crippen LogP contribution in [0.2, 0.25) is 0 Å². The van der Waals surface area contributed by atoms with E-state index in [4.69, 9.17) is 0 Å². The summed E-state index contributed by atoms with van der Waals surface area (Å²) in [5.74, 6) is 0. The van der Waals surface area contributed by atoms with Gasteiger partial charge in [0, 0.05) is 23.5 Å². The van der Waals surface area contributed by atoms with Crippen LogP contribution in [0.3, 0.4) is 0 Å². The van der Waals surface area contributed by atoms with Gasteiger partial charge in [0.05, 0.1) is 0 Å². The quantitative estimate of drug-likeness (QED) is 0.738. The molecule has 0 N–H and O–H groups in total. The van der Waals surface area contributed by atoms with Crippen LogP contribution >= 0.6 is 0 Å². The molecule has 1 radical (unpaired) electrons. The SMILES string of the molecule is Cc1ccc(-c2cncc([C]=O)c2)cc1. The second kappa shape index (κ2) is 4.05. The van der Waals surface area contributed by atoms with Crippen LogP contribution in [0, 0.1) is 6.92 Å². The standard InChI is InChI=1S/C13H10NO/c1-10-2-4-12(5-3-10)13-6-11(9-15)7-14-8-13/h2-8H,1H3. The zero-order valence-corrected chi connectivity index (χ0v) is 8.40. The Balaban J connectivity index is 2.44. The van der Waals surface area contributed by atoms with Crippen LogP contribution in [0.15, 0.2) is 42.7 Å². The number of benzene rings is 1. The predicted octanol–water partition coefficient (Wildman–Crippen LogP) is 2.51. The lowest BCUT2D eigenvalue weighted by atomic mass is 10.1. The zero-order chi connectivity index (χ0) is 10.7. The minimum atomic E-state index is 0.480. The molecule has 0 unspecified atom stereocenters. The van der Waals surface area contributed by atoms with Crippen LogP contribution in [0.25, 0.3) is 11.1 Å². The Bertz CT molecular complexity index is 474. The molecular weight excluding hydrogens is 186 g/mol. The summed E-state index contributed by atoms with van der Waals surface area (Å²) >= 11 is 0. The Morgan fingerprint density at radius 1 is 1.07 bits per heavy atom. The van der Waals surface area contributed by atoms with Crippen molar-refractivity contribution < 1.29 is 4.79 Å². The van der Waals surface area contributed by atoms with Gasteiger partial charge in [0.25, 0.3) is 0 Å². The second-order valence-electron chi connectivity index (χ2n) is 3.43. The lowest BCUT2D eigenvalue weighted by Crippen LogP contribution is -1.85. The van der Waals surface area contributed by atoms with Crippen LogP contribution < -0.4 is 0 Å². The first kappa shape index (κ1) is 9.59. The summed E-state index contributed by atoms with van der Waals surface area (Å²) in [6.45, 7) is 2.04.